The van der Waals surface area contributed by atoms with Crippen molar-refractivity contribution in [3.63, 3.8) is 0 Å². The van der Waals surface area contributed by atoms with E-state index in [1.165, 1.54) is 38.5 Å². The molecule has 98 valence electrons. The molecule has 0 aliphatic heterocycles. The van der Waals surface area contributed by atoms with Crippen molar-refractivity contribution < 1.29 is 0 Å². The number of nitrogens with one attached hydrogen (secondary N) is 1. The molecule has 0 aromatic carbocycles. The summed E-state index contributed by atoms with van der Waals surface area (Å²) in [5, 5.41) is 7.46. The number of nitrogens with two attached hydrogens (primary N) is 1. The van der Waals surface area contributed by atoms with Crippen LogP contribution < -0.4 is 5.73 Å². The van der Waals surface area contributed by atoms with Gasteiger partial charge in [0.15, 0.2) is 0 Å². The number of hydrogen-bond acceptors (Lipinski definition) is 2. The highest BCUT2D eigenvalue weighted by Crippen LogP contribution is 2.49. The summed E-state index contributed by atoms with van der Waals surface area (Å²) in [6.45, 7) is 3.51. The van der Waals surface area contributed by atoms with E-state index in [1.54, 1.807) is 0 Å². The molecule has 0 atom stereocenters. The lowest BCUT2D eigenvalue weighted by atomic mass is 9.86. The minimum absolute atomic E-state index is 0.365. The Kier molecular flexibility index (Phi) is 3.76. The molecule has 2 aliphatic carbocycles. The van der Waals surface area contributed by atoms with E-state index in [1.807, 2.05) is 0 Å². The molecule has 0 radical (unpaired) electrons. The Balaban J connectivity index is 1.80. The third kappa shape index (κ3) is 3.44. The summed E-state index contributed by atoms with van der Waals surface area (Å²) in [7, 11) is 2.26. The van der Waals surface area contributed by atoms with Crippen LogP contribution in [0.1, 0.15) is 51.9 Å². The molecule has 0 amide bonds. The number of amidine groups is 1. The molecule has 0 aromatic rings. The molecular formula is C14H27N3. The molecule has 0 heterocycles. The predicted molar refractivity (Wildman–Crippen MR) is 72.2 cm³/mol. The Bertz CT molecular complexity index is 275. The van der Waals surface area contributed by atoms with Crippen LogP contribution in [-0.4, -0.2) is 30.4 Å². The molecule has 2 rings (SSSR count). The van der Waals surface area contributed by atoms with Crippen LogP contribution in [0.5, 0.6) is 0 Å². The van der Waals surface area contributed by atoms with Gasteiger partial charge in [-0.2, -0.15) is 0 Å². The topological polar surface area (TPSA) is 53.1 Å². The molecular weight excluding hydrogens is 210 g/mol. The Morgan fingerprint density at radius 1 is 1.29 bits per heavy atom. The Morgan fingerprint density at radius 2 is 1.88 bits per heavy atom. The summed E-state index contributed by atoms with van der Waals surface area (Å²) in [6, 6.07) is 0.774. The van der Waals surface area contributed by atoms with Gasteiger partial charge in [0, 0.05) is 19.0 Å². The highest BCUT2D eigenvalue weighted by Gasteiger charge is 2.44. The summed E-state index contributed by atoms with van der Waals surface area (Å²) in [5.41, 5.74) is 5.92. The van der Waals surface area contributed by atoms with Gasteiger partial charge in [-0.05, 0) is 56.9 Å². The van der Waals surface area contributed by atoms with E-state index < -0.39 is 0 Å². The zero-order chi connectivity index (χ0) is 12.5. The molecule has 0 saturated heterocycles. The van der Waals surface area contributed by atoms with Crippen LogP contribution in [0.3, 0.4) is 0 Å². The van der Waals surface area contributed by atoms with E-state index in [-0.39, 0.29) is 0 Å². The largest absolute Gasteiger partial charge is 0.388 e. The van der Waals surface area contributed by atoms with Gasteiger partial charge in [-0.1, -0.05) is 6.92 Å². The van der Waals surface area contributed by atoms with Crippen LogP contribution in [0.25, 0.3) is 0 Å². The van der Waals surface area contributed by atoms with Crippen molar-refractivity contribution >= 4 is 5.84 Å². The van der Waals surface area contributed by atoms with Crippen LogP contribution >= 0.6 is 0 Å². The number of rotatable bonds is 5. The molecule has 3 heteroatoms. The number of hydrogen-bond donors (Lipinski definition) is 2. The normalized spacial score (nSPS) is 31.5. The van der Waals surface area contributed by atoms with Crippen LogP contribution in [0.2, 0.25) is 0 Å². The SMILES string of the molecule is CC1CCC(N(C)CC2(CC(=N)N)CC2)CC1. The van der Waals surface area contributed by atoms with E-state index in [0.717, 1.165) is 24.9 Å². The highest BCUT2D eigenvalue weighted by molar-refractivity contribution is 5.78. The standard InChI is InChI=1S/C14H27N3/c1-11-3-5-12(6-4-11)17(2)10-14(7-8-14)9-13(15)16/h11-12H,3-10H2,1-2H3,(H3,15,16). The zero-order valence-corrected chi connectivity index (χ0v) is 11.3. The van der Waals surface area contributed by atoms with E-state index in [2.05, 4.69) is 18.9 Å². The van der Waals surface area contributed by atoms with Crippen LogP contribution in [-0.2, 0) is 0 Å². The van der Waals surface area contributed by atoms with Gasteiger partial charge < -0.3 is 10.6 Å². The second-order valence-corrected chi connectivity index (χ2v) is 6.53. The summed E-state index contributed by atoms with van der Waals surface area (Å²) in [4.78, 5) is 2.54. The lowest BCUT2D eigenvalue weighted by molar-refractivity contribution is 0.144. The molecule has 2 aliphatic rings. The molecule has 2 fully saturated rings. The Hall–Kier alpha value is -0.570. The van der Waals surface area contributed by atoms with Crippen molar-refractivity contribution in [1.82, 2.24) is 4.90 Å². The molecule has 17 heavy (non-hydrogen) atoms. The lowest BCUT2D eigenvalue weighted by Crippen LogP contribution is -2.39. The first-order chi connectivity index (χ1) is 8.01. The van der Waals surface area contributed by atoms with Crippen molar-refractivity contribution in [1.29, 1.82) is 5.41 Å². The quantitative estimate of drug-likeness (QED) is 0.570. The summed E-state index contributed by atoms with van der Waals surface area (Å²) >= 11 is 0. The summed E-state index contributed by atoms with van der Waals surface area (Å²) < 4.78 is 0. The third-order valence-electron chi connectivity index (χ3n) is 4.72. The maximum atomic E-state index is 7.46. The number of nitrogens with zero attached hydrogens (tertiary/aromatic N) is 1. The van der Waals surface area contributed by atoms with Crippen LogP contribution in [0, 0.1) is 16.7 Å². The average molecular weight is 237 g/mol. The third-order valence-corrected chi connectivity index (χ3v) is 4.72. The Labute approximate surface area is 105 Å². The van der Waals surface area contributed by atoms with Gasteiger partial charge in [-0.15, -0.1) is 0 Å². The average Bonchev–Trinajstić information content (AvgIpc) is 2.97. The van der Waals surface area contributed by atoms with Gasteiger partial charge in [-0.25, -0.2) is 0 Å². The molecule has 0 spiro atoms. The maximum absolute atomic E-state index is 7.46. The first-order valence-corrected chi connectivity index (χ1v) is 7.04. The van der Waals surface area contributed by atoms with Gasteiger partial charge in [0.1, 0.15) is 0 Å². The van der Waals surface area contributed by atoms with Gasteiger partial charge in [-0.3, -0.25) is 5.41 Å². The summed E-state index contributed by atoms with van der Waals surface area (Å²) in [6.07, 6.45) is 8.81. The predicted octanol–water partition coefficient (Wildman–Crippen LogP) is 2.60. The minimum atomic E-state index is 0.365. The first-order valence-electron chi connectivity index (χ1n) is 7.04. The molecule has 0 unspecified atom stereocenters. The Morgan fingerprint density at radius 3 is 2.35 bits per heavy atom. The van der Waals surface area contributed by atoms with Crippen LogP contribution in [0.4, 0.5) is 0 Å². The van der Waals surface area contributed by atoms with E-state index in [0.29, 0.717) is 11.3 Å². The van der Waals surface area contributed by atoms with Gasteiger partial charge in [0.05, 0.1) is 5.84 Å². The van der Waals surface area contributed by atoms with Crippen molar-refractivity contribution in [2.24, 2.45) is 17.1 Å². The van der Waals surface area contributed by atoms with Crippen LogP contribution in [0.15, 0.2) is 0 Å². The maximum Gasteiger partial charge on any atom is 0.0911 e. The van der Waals surface area contributed by atoms with Gasteiger partial charge in [0.2, 0.25) is 0 Å². The van der Waals surface area contributed by atoms with Crippen molar-refractivity contribution in [3.05, 3.63) is 0 Å². The van der Waals surface area contributed by atoms with Gasteiger partial charge in [0.25, 0.3) is 0 Å². The molecule has 3 nitrogen and oxygen atoms in total. The molecule has 3 N–H and O–H groups in total. The monoisotopic (exact) mass is 237 g/mol. The zero-order valence-electron chi connectivity index (χ0n) is 11.3. The second-order valence-electron chi connectivity index (χ2n) is 6.53. The van der Waals surface area contributed by atoms with E-state index in [9.17, 15) is 0 Å². The van der Waals surface area contributed by atoms with E-state index in [4.69, 9.17) is 11.1 Å². The highest BCUT2D eigenvalue weighted by atomic mass is 15.1. The second kappa shape index (κ2) is 4.97. The molecule has 0 aromatic heterocycles. The fourth-order valence-corrected chi connectivity index (χ4v) is 3.31. The fraction of sp³-hybridized carbons (Fsp3) is 0.929. The van der Waals surface area contributed by atoms with Crippen molar-refractivity contribution in [2.75, 3.05) is 13.6 Å². The molecule has 2 saturated carbocycles. The van der Waals surface area contributed by atoms with Gasteiger partial charge >= 0.3 is 0 Å². The lowest BCUT2D eigenvalue weighted by Gasteiger charge is -2.35. The first kappa shape index (κ1) is 12.9. The smallest absolute Gasteiger partial charge is 0.0911 e. The fourth-order valence-electron chi connectivity index (χ4n) is 3.31. The van der Waals surface area contributed by atoms with E-state index >= 15 is 0 Å². The summed E-state index contributed by atoms with van der Waals surface area (Å²) in [5.74, 6) is 1.29. The molecule has 0 bridgehead atoms. The minimum Gasteiger partial charge on any atom is -0.388 e. The van der Waals surface area contributed by atoms with Crippen molar-refractivity contribution in [3.8, 4) is 0 Å². The van der Waals surface area contributed by atoms with Crippen molar-refractivity contribution in [2.45, 2.75) is 57.9 Å².